The molecule has 2 aromatic rings. The van der Waals surface area contributed by atoms with E-state index in [4.69, 9.17) is 23.7 Å². The van der Waals surface area contributed by atoms with E-state index in [2.05, 4.69) is 10.3 Å². The average molecular weight is 554 g/mol. The van der Waals surface area contributed by atoms with Crippen molar-refractivity contribution in [3.63, 3.8) is 0 Å². The molecule has 1 aromatic heterocycles. The van der Waals surface area contributed by atoms with Gasteiger partial charge in [-0.1, -0.05) is 23.4 Å². The summed E-state index contributed by atoms with van der Waals surface area (Å²) in [6.45, 7) is 3.68. The Balaban J connectivity index is 2.00. The number of carbonyl (C=O) groups excluding carboxylic acids is 4. The molecule has 0 N–H and O–H groups in total. The highest BCUT2D eigenvalue weighted by atomic mass is 32.2. The third-order valence-electron chi connectivity index (χ3n) is 5.21. The Bertz CT molecular complexity index is 1280. The van der Waals surface area contributed by atoms with Gasteiger partial charge in [0.1, 0.15) is 12.7 Å². The van der Waals surface area contributed by atoms with E-state index < -0.39 is 75.9 Å². The first-order valence-electron chi connectivity index (χ1n) is 11.4. The lowest BCUT2D eigenvalue weighted by Crippen LogP contribution is -2.64. The van der Waals surface area contributed by atoms with Gasteiger partial charge in [0, 0.05) is 27.7 Å². The lowest BCUT2D eigenvalue weighted by Gasteiger charge is -2.43. The number of benzene rings is 1. The van der Waals surface area contributed by atoms with Crippen molar-refractivity contribution < 1.29 is 51.3 Å². The van der Waals surface area contributed by atoms with Gasteiger partial charge in [-0.05, 0) is 12.1 Å². The molecule has 1 aliphatic rings. The van der Waals surface area contributed by atoms with Crippen LogP contribution >= 0.6 is 0 Å². The van der Waals surface area contributed by atoms with Crippen molar-refractivity contribution in [1.29, 1.82) is 0 Å². The van der Waals surface area contributed by atoms with E-state index in [1.807, 2.05) is 0 Å². The van der Waals surface area contributed by atoms with E-state index in [1.165, 1.54) is 10.9 Å². The zero-order valence-electron chi connectivity index (χ0n) is 21.0. The van der Waals surface area contributed by atoms with Gasteiger partial charge in [0.2, 0.25) is 0 Å². The van der Waals surface area contributed by atoms with E-state index in [0.29, 0.717) is 5.69 Å². The van der Waals surface area contributed by atoms with Crippen molar-refractivity contribution in [1.82, 2.24) is 15.0 Å². The molecule has 38 heavy (non-hydrogen) atoms. The molecular weight excluding hydrogens is 526 g/mol. The maximum Gasteiger partial charge on any atom is 0.303 e. The molecule has 5 atom stereocenters. The Morgan fingerprint density at radius 2 is 1.45 bits per heavy atom. The van der Waals surface area contributed by atoms with Gasteiger partial charge in [0.05, 0.1) is 23.3 Å². The Morgan fingerprint density at radius 1 is 0.868 bits per heavy atom. The molecule has 15 heteroatoms. The molecule has 0 spiro atoms. The molecule has 206 valence electrons. The number of esters is 4. The summed E-state index contributed by atoms with van der Waals surface area (Å²) < 4.78 is 55.0. The van der Waals surface area contributed by atoms with Gasteiger partial charge >= 0.3 is 23.9 Å². The van der Waals surface area contributed by atoms with Gasteiger partial charge in [-0.15, -0.1) is 5.10 Å². The lowest BCUT2D eigenvalue weighted by atomic mass is 9.99. The molecule has 0 amide bonds. The molecule has 0 bridgehead atoms. The van der Waals surface area contributed by atoms with Crippen LogP contribution in [0.3, 0.4) is 0 Å². The molecule has 1 aliphatic heterocycles. The van der Waals surface area contributed by atoms with Crippen LogP contribution in [-0.2, 0) is 58.5 Å². The molecule has 0 radical (unpaired) electrons. The summed E-state index contributed by atoms with van der Waals surface area (Å²) >= 11 is 0. The molecule has 1 saturated heterocycles. The molecule has 0 unspecified atom stereocenters. The van der Waals surface area contributed by atoms with Crippen molar-refractivity contribution >= 4 is 33.7 Å². The Hall–Kier alpha value is -3.85. The Kier molecular flexibility index (Phi) is 9.17. The zero-order chi connectivity index (χ0) is 28.0. The van der Waals surface area contributed by atoms with Crippen molar-refractivity contribution in [2.45, 2.75) is 63.3 Å². The summed E-state index contributed by atoms with van der Waals surface area (Å²) in [6, 6.07) is 8.82. The average Bonchev–Trinajstić information content (AvgIpc) is 3.27. The first kappa shape index (κ1) is 28.7. The predicted molar refractivity (Wildman–Crippen MR) is 126 cm³/mol. The third-order valence-corrected chi connectivity index (χ3v) is 7.00. The molecule has 3 rings (SSSR count). The first-order valence-corrected chi connectivity index (χ1v) is 13.1. The quantitative estimate of drug-likeness (QED) is 0.305. The second-order valence-electron chi connectivity index (χ2n) is 8.36. The van der Waals surface area contributed by atoms with E-state index in [9.17, 15) is 27.6 Å². The van der Waals surface area contributed by atoms with Crippen LogP contribution in [0.2, 0.25) is 0 Å². The molecule has 2 heterocycles. The van der Waals surface area contributed by atoms with Crippen LogP contribution < -0.4 is 0 Å². The second kappa shape index (κ2) is 12.1. The maximum atomic E-state index is 13.6. The topological polar surface area (TPSA) is 179 Å². The van der Waals surface area contributed by atoms with Gasteiger partial charge in [-0.25, -0.2) is 13.1 Å². The fourth-order valence-corrected chi connectivity index (χ4v) is 5.48. The maximum absolute atomic E-state index is 13.6. The summed E-state index contributed by atoms with van der Waals surface area (Å²) in [5.74, 6) is -4.04. The fraction of sp³-hybridized carbons (Fsp3) is 0.478. The largest absolute Gasteiger partial charge is 0.463 e. The smallest absolute Gasteiger partial charge is 0.303 e. The van der Waals surface area contributed by atoms with Gasteiger partial charge < -0.3 is 23.7 Å². The summed E-state index contributed by atoms with van der Waals surface area (Å²) in [4.78, 5) is 47.1. The van der Waals surface area contributed by atoms with Crippen LogP contribution in [0, 0.1) is 0 Å². The minimum atomic E-state index is -4.38. The van der Waals surface area contributed by atoms with Crippen molar-refractivity contribution in [3.8, 4) is 5.69 Å². The van der Waals surface area contributed by atoms with Gasteiger partial charge in [0.25, 0.3) is 0 Å². The fourth-order valence-electron chi connectivity index (χ4n) is 3.84. The number of carbonyl (C=O) groups is 4. The molecule has 1 aromatic carbocycles. The number of aromatic nitrogens is 3. The van der Waals surface area contributed by atoms with Crippen LogP contribution in [0.25, 0.3) is 5.69 Å². The predicted octanol–water partition coefficient (Wildman–Crippen LogP) is 0.265. The van der Waals surface area contributed by atoms with Crippen LogP contribution in [0.4, 0.5) is 0 Å². The zero-order valence-corrected chi connectivity index (χ0v) is 21.8. The van der Waals surface area contributed by atoms with Gasteiger partial charge in [0.15, 0.2) is 33.6 Å². The van der Waals surface area contributed by atoms with Gasteiger partial charge in [-0.2, -0.15) is 0 Å². The SMILES string of the molecule is CC(=O)OC[C@H]1O[C@@H](S(=O)(=O)Cc2cn(-c3ccccc3)nn2)[C@H](OC(C)=O)[C@@H](OC(C)=O)[C@@H]1OC(C)=O. The van der Waals surface area contributed by atoms with Crippen LogP contribution in [-0.4, -0.2) is 83.7 Å². The molecule has 0 saturated carbocycles. The van der Waals surface area contributed by atoms with E-state index in [1.54, 1.807) is 30.3 Å². The highest BCUT2D eigenvalue weighted by Crippen LogP contribution is 2.33. The minimum absolute atomic E-state index is 0.0432. The number of hydrogen-bond acceptors (Lipinski definition) is 13. The number of hydrogen-bond donors (Lipinski definition) is 0. The van der Waals surface area contributed by atoms with Gasteiger partial charge in [-0.3, -0.25) is 19.2 Å². The van der Waals surface area contributed by atoms with Crippen molar-refractivity contribution in [2.24, 2.45) is 0 Å². The van der Waals surface area contributed by atoms with E-state index in [0.717, 1.165) is 27.7 Å². The van der Waals surface area contributed by atoms with Crippen LogP contribution in [0.1, 0.15) is 33.4 Å². The third kappa shape index (κ3) is 7.35. The number of rotatable bonds is 9. The van der Waals surface area contributed by atoms with Crippen LogP contribution in [0.5, 0.6) is 0 Å². The number of nitrogens with zero attached hydrogens (tertiary/aromatic N) is 3. The lowest BCUT2D eigenvalue weighted by molar-refractivity contribution is -0.238. The van der Waals surface area contributed by atoms with E-state index in [-0.39, 0.29) is 5.69 Å². The molecule has 14 nitrogen and oxygen atoms in total. The number of para-hydroxylation sites is 1. The van der Waals surface area contributed by atoms with Crippen molar-refractivity contribution in [2.75, 3.05) is 6.61 Å². The Morgan fingerprint density at radius 3 is 2.03 bits per heavy atom. The summed E-state index contributed by atoms with van der Waals surface area (Å²) in [7, 11) is -4.38. The van der Waals surface area contributed by atoms with E-state index >= 15 is 0 Å². The summed E-state index contributed by atoms with van der Waals surface area (Å²) in [5.41, 5.74) is -1.23. The Labute approximate surface area is 218 Å². The molecular formula is C23H27N3O11S. The van der Waals surface area contributed by atoms with Crippen LogP contribution in [0.15, 0.2) is 36.5 Å². The number of sulfone groups is 1. The normalized spacial score (nSPS) is 23.2. The standard InChI is InChI=1S/C23H27N3O11S/c1-13(27)33-11-19-20(34-14(2)28)21(35-15(3)29)22(36-16(4)30)23(37-19)38(31,32)12-17-10-26(25-24-17)18-8-6-5-7-9-18/h5-10,19-23H,11-12H2,1-4H3/t19-,20-,21+,22-,23+/m1/s1. The number of ether oxygens (including phenoxy) is 5. The summed E-state index contributed by atoms with van der Waals surface area (Å²) in [6.07, 6.45) is -4.79. The second-order valence-corrected chi connectivity index (χ2v) is 10.4. The molecule has 1 fully saturated rings. The van der Waals surface area contributed by atoms with Crippen molar-refractivity contribution in [3.05, 3.63) is 42.2 Å². The first-order chi connectivity index (χ1) is 17.9. The monoisotopic (exact) mass is 553 g/mol. The highest BCUT2D eigenvalue weighted by Gasteiger charge is 2.56. The minimum Gasteiger partial charge on any atom is -0.463 e. The highest BCUT2D eigenvalue weighted by molar-refractivity contribution is 7.91. The molecule has 0 aliphatic carbocycles. The summed E-state index contributed by atoms with van der Waals surface area (Å²) in [5, 5.41) is 7.84.